The summed E-state index contributed by atoms with van der Waals surface area (Å²) in [4.78, 5) is 19.2. The summed E-state index contributed by atoms with van der Waals surface area (Å²) in [7, 11) is 1.25. The molecule has 0 atom stereocenters. The van der Waals surface area contributed by atoms with E-state index in [0.717, 1.165) is 16.9 Å². The number of hydrogen-bond acceptors (Lipinski definition) is 4. The Kier molecular flexibility index (Phi) is 7.03. The molecule has 2 aromatic carbocycles. The summed E-state index contributed by atoms with van der Waals surface area (Å²) in [6.07, 6.45) is 0.790. The number of aryl methyl sites for hydroxylation is 2. The summed E-state index contributed by atoms with van der Waals surface area (Å²) in [6, 6.07) is 12.4. The molecule has 1 aromatic heterocycles. The first kappa shape index (κ1) is 23.2. The first-order valence-corrected chi connectivity index (χ1v) is 11.9. The van der Waals surface area contributed by atoms with E-state index in [2.05, 4.69) is 4.98 Å². The minimum Gasteiger partial charge on any atom is -0.341 e. The van der Waals surface area contributed by atoms with Gasteiger partial charge >= 0.3 is 0 Å². The Morgan fingerprint density at radius 2 is 1.77 bits per heavy atom. The molecule has 0 unspecified atom stereocenters. The largest absolute Gasteiger partial charge is 0.341 e. The van der Waals surface area contributed by atoms with Gasteiger partial charge in [0, 0.05) is 52.1 Å². The Hall–Kier alpha value is -2.42. The second-order valence-electron chi connectivity index (χ2n) is 7.59. The van der Waals surface area contributed by atoms with Gasteiger partial charge in [0.05, 0.1) is 15.9 Å². The van der Waals surface area contributed by atoms with Gasteiger partial charge in [-0.05, 0) is 42.8 Å². The number of sulfonamides is 1. The number of hydrogen-bond donors (Lipinski definition) is 0. The minimum absolute atomic E-state index is 0.0144. The molecule has 1 amide bonds. The number of amides is 1. The maximum atomic E-state index is 12.6. The topological polar surface area (TPSA) is 75.5 Å². The second kappa shape index (κ2) is 9.38. The fourth-order valence-corrected chi connectivity index (χ4v) is 4.48. The molecule has 7 nitrogen and oxygen atoms in total. The Bertz CT molecular complexity index is 1190. The van der Waals surface area contributed by atoms with Crippen LogP contribution < -0.4 is 0 Å². The molecular weight excluding hydrogens is 436 g/mol. The fraction of sp³-hybridized carbons (Fsp3) is 0.364. The zero-order valence-electron chi connectivity index (χ0n) is 18.2. The number of nitrogens with zero attached hydrogens (tertiary/aromatic N) is 4. The van der Waals surface area contributed by atoms with Crippen molar-refractivity contribution in [3.63, 3.8) is 0 Å². The van der Waals surface area contributed by atoms with Crippen molar-refractivity contribution in [2.24, 2.45) is 0 Å². The van der Waals surface area contributed by atoms with Crippen LogP contribution in [0.25, 0.3) is 11.0 Å². The van der Waals surface area contributed by atoms with E-state index in [1.165, 1.54) is 18.4 Å². The number of carbonyl (C=O) groups excluding carboxylic acids is 1. The summed E-state index contributed by atoms with van der Waals surface area (Å²) in [5.74, 6) is 0.783. The van der Waals surface area contributed by atoms with E-state index in [9.17, 15) is 13.2 Å². The summed E-state index contributed by atoms with van der Waals surface area (Å²) in [5, 5.41) is 0.665. The number of fused-ring (bicyclic) bond motifs is 1. The van der Waals surface area contributed by atoms with Crippen LogP contribution in [0.2, 0.25) is 5.02 Å². The highest BCUT2D eigenvalue weighted by Crippen LogP contribution is 2.23. The summed E-state index contributed by atoms with van der Waals surface area (Å²) in [6.45, 7) is 3.19. The van der Waals surface area contributed by atoms with Gasteiger partial charge in [0.1, 0.15) is 5.82 Å². The molecule has 0 spiro atoms. The maximum absolute atomic E-state index is 12.6. The van der Waals surface area contributed by atoms with Crippen molar-refractivity contribution in [2.45, 2.75) is 37.8 Å². The van der Waals surface area contributed by atoms with Crippen molar-refractivity contribution in [3.05, 3.63) is 58.9 Å². The van der Waals surface area contributed by atoms with Crippen LogP contribution in [-0.4, -0.2) is 54.2 Å². The van der Waals surface area contributed by atoms with Gasteiger partial charge in [-0.3, -0.25) is 4.79 Å². The lowest BCUT2D eigenvalue weighted by Gasteiger charge is -2.17. The van der Waals surface area contributed by atoms with Crippen molar-refractivity contribution in [1.82, 2.24) is 18.8 Å². The van der Waals surface area contributed by atoms with Gasteiger partial charge in [0.2, 0.25) is 15.9 Å². The normalized spacial score (nSPS) is 11.9. The third-order valence-corrected chi connectivity index (χ3v) is 7.28. The van der Waals surface area contributed by atoms with Crippen molar-refractivity contribution < 1.29 is 13.2 Å². The highest BCUT2D eigenvalue weighted by Gasteiger charge is 2.20. The Morgan fingerprint density at radius 3 is 2.39 bits per heavy atom. The lowest BCUT2D eigenvalue weighted by molar-refractivity contribution is -0.130. The molecule has 0 aliphatic heterocycles. The smallest absolute Gasteiger partial charge is 0.242 e. The average molecular weight is 463 g/mol. The molecule has 9 heteroatoms. The van der Waals surface area contributed by atoms with Crippen LogP contribution in [0.4, 0.5) is 0 Å². The van der Waals surface area contributed by atoms with Gasteiger partial charge in [-0.1, -0.05) is 23.7 Å². The molecule has 0 radical (unpaired) electrons. The van der Waals surface area contributed by atoms with E-state index in [1.54, 1.807) is 30.1 Å². The van der Waals surface area contributed by atoms with Gasteiger partial charge in [-0.15, -0.1) is 0 Å². The van der Waals surface area contributed by atoms with E-state index < -0.39 is 10.0 Å². The van der Waals surface area contributed by atoms with Crippen molar-refractivity contribution in [3.8, 4) is 0 Å². The molecule has 3 rings (SSSR count). The van der Waals surface area contributed by atoms with Gasteiger partial charge < -0.3 is 9.47 Å². The molecule has 0 bridgehead atoms. The van der Waals surface area contributed by atoms with Gasteiger partial charge in [0.25, 0.3) is 0 Å². The zero-order valence-corrected chi connectivity index (χ0v) is 19.7. The molecule has 0 saturated heterocycles. The van der Waals surface area contributed by atoms with Crippen molar-refractivity contribution in [1.29, 1.82) is 0 Å². The molecule has 3 aromatic rings. The maximum Gasteiger partial charge on any atom is 0.242 e. The number of imidazole rings is 1. The molecule has 31 heavy (non-hydrogen) atoms. The van der Waals surface area contributed by atoms with Crippen LogP contribution in [0.3, 0.4) is 0 Å². The Labute approximate surface area is 188 Å². The summed E-state index contributed by atoms with van der Waals surface area (Å²) < 4.78 is 28.1. The Balaban J connectivity index is 1.76. The molecule has 0 N–H and O–H groups in total. The first-order valence-electron chi connectivity index (χ1n) is 10.0. The zero-order chi connectivity index (χ0) is 22.8. The monoisotopic (exact) mass is 462 g/mol. The predicted molar refractivity (Wildman–Crippen MR) is 123 cm³/mol. The number of rotatable bonds is 8. The van der Waals surface area contributed by atoms with Crippen molar-refractivity contribution >= 4 is 38.6 Å². The van der Waals surface area contributed by atoms with Crippen LogP contribution >= 0.6 is 11.6 Å². The summed E-state index contributed by atoms with van der Waals surface area (Å²) in [5.41, 5.74) is 2.48. The number of halogens is 1. The predicted octanol–water partition coefficient (Wildman–Crippen LogP) is 3.55. The lowest BCUT2D eigenvalue weighted by atomic mass is 10.2. The van der Waals surface area contributed by atoms with Gasteiger partial charge in [-0.25, -0.2) is 17.7 Å². The Morgan fingerprint density at radius 1 is 1.10 bits per heavy atom. The van der Waals surface area contributed by atoms with E-state index in [1.807, 2.05) is 35.8 Å². The molecule has 0 aliphatic carbocycles. The number of benzene rings is 2. The number of aromatic nitrogens is 2. The van der Waals surface area contributed by atoms with E-state index in [0.29, 0.717) is 36.5 Å². The van der Waals surface area contributed by atoms with E-state index in [4.69, 9.17) is 11.6 Å². The van der Waals surface area contributed by atoms with Gasteiger partial charge in [-0.2, -0.15) is 0 Å². The standard InChI is InChI=1S/C22H27ClN4O3S/c1-5-27-20-11-10-18(31(29,30)25(2)3)14-19(20)24-21(27)12-13-22(28)26(4)15-16-6-8-17(23)9-7-16/h6-11,14H,5,12-13,15H2,1-4H3. The van der Waals surface area contributed by atoms with Crippen LogP contribution in [-0.2, 0) is 34.3 Å². The average Bonchev–Trinajstić information content (AvgIpc) is 3.10. The van der Waals surface area contributed by atoms with Crippen LogP contribution in [0.5, 0.6) is 0 Å². The molecule has 0 saturated carbocycles. The quantitative estimate of drug-likeness (QED) is 0.513. The lowest BCUT2D eigenvalue weighted by Crippen LogP contribution is -2.26. The van der Waals surface area contributed by atoms with Crippen molar-refractivity contribution in [2.75, 3.05) is 21.1 Å². The fourth-order valence-electron chi connectivity index (χ4n) is 3.44. The van der Waals surface area contributed by atoms with Crippen LogP contribution in [0.1, 0.15) is 24.7 Å². The number of carbonyl (C=O) groups is 1. The van der Waals surface area contributed by atoms with Gasteiger partial charge in [0.15, 0.2) is 0 Å². The third-order valence-electron chi connectivity index (χ3n) is 5.21. The molecule has 166 valence electrons. The minimum atomic E-state index is -3.53. The van der Waals surface area contributed by atoms with Crippen LogP contribution in [0.15, 0.2) is 47.4 Å². The highest BCUT2D eigenvalue weighted by atomic mass is 35.5. The first-order chi connectivity index (χ1) is 14.6. The third kappa shape index (κ3) is 5.08. The van der Waals surface area contributed by atoms with Crippen LogP contribution in [0, 0.1) is 0 Å². The molecular formula is C22H27ClN4O3S. The van der Waals surface area contributed by atoms with E-state index >= 15 is 0 Å². The summed E-state index contributed by atoms with van der Waals surface area (Å²) >= 11 is 5.91. The molecule has 0 aliphatic rings. The second-order valence-corrected chi connectivity index (χ2v) is 10.2. The SMILES string of the molecule is CCn1c(CCC(=O)N(C)Cc2ccc(Cl)cc2)nc2cc(S(=O)(=O)N(C)C)ccc21. The molecule has 1 heterocycles. The molecule has 0 fully saturated rings. The highest BCUT2D eigenvalue weighted by molar-refractivity contribution is 7.89. The van der Waals surface area contributed by atoms with E-state index in [-0.39, 0.29) is 10.8 Å².